The monoisotopic (exact) mass is 600 g/mol. The van der Waals surface area contributed by atoms with E-state index in [9.17, 15) is 9.59 Å². The molecule has 2 heterocycles. The van der Waals surface area contributed by atoms with Crippen molar-refractivity contribution in [1.82, 2.24) is 10.3 Å². The minimum absolute atomic E-state index is 0.0780. The number of aryl methyl sites for hydroxylation is 1. The van der Waals surface area contributed by atoms with Gasteiger partial charge in [-0.3, -0.25) is 4.79 Å². The summed E-state index contributed by atoms with van der Waals surface area (Å²) in [6.07, 6.45) is 1.70. The first-order chi connectivity index (χ1) is 22.0. The first-order valence-electron chi connectivity index (χ1n) is 14.5. The third-order valence-corrected chi connectivity index (χ3v) is 7.25. The van der Waals surface area contributed by atoms with Crippen molar-refractivity contribution >= 4 is 45.6 Å². The van der Waals surface area contributed by atoms with E-state index in [1.54, 1.807) is 30.5 Å². The summed E-state index contributed by atoms with van der Waals surface area (Å²) in [4.78, 5) is 29.5. The molecule has 0 aliphatic carbocycles. The molecule has 0 spiro atoms. The summed E-state index contributed by atoms with van der Waals surface area (Å²) in [5.74, 6) is 1.11. The number of urea groups is 1. The summed E-state index contributed by atoms with van der Waals surface area (Å²) in [6, 6.07) is 32.3. The highest BCUT2D eigenvalue weighted by Crippen LogP contribution is 2.35. The van der Waals surface area contributed by atoms with Crippen molar-refractivity contribution in [2.24, 2.45) is 5.10 Å². The topological polar surface area (TPSA) is 117 Å². The van der Waals surface area contributed by atoms with E-state index >= 15 is 0 Å². The zero-order valence-corrected chi connectivity index (χ0v) is 24.9. The molecule has 1 atom stereocenters. The SMILES string of the molecule is COCC(=O)Nc1cc(Oc2ccc(NC(=O)NC3CC(c4ccccc4)=NN3c3ccc(C)cc3)c3ccccc23)ccn1. The zero-order chi connectivity index (χ0) is 31.2. The first-order valence-corrected chi connectivity index (χ1v) is 14.5. The van der Waals surface area contributed by atoms with Gasteiger partial charge in [-0.2, -0.15) is 5.10 Å². The number of carbonyl (C=O) groups excluding carboxylic acids is 2. The summed E-state index contributed by atoms with van der Waals surface area (Å²) in [7, 11) is 1.45. The van der Waals surface area contributed by atoms with Gasteiger partial charge in [0.05, 0.1) is 17.1 Å². The highest BCUT2D eigenvalue weighted by molar-refractivity contribution is 6.06. The molecule has 1 aliphatic rings. The minimum Gasteiger partial charge on any atom is -0.457 e. The number of aromatic nitrogens is 1. The average molecular weight is 601 g/mol. The van der Waals surface area contributed by atoms with E-state index in [-0.39, 0.29) is 24.7 Å². The largest absolute Gasteiger partial charge is 0.457 e. The van der Waals surface area contributed by atoms with Crippen LogP contribution in [0.25, 0.3) is 10.8 Å². The fourth-order valence-electron chi connectivity index (χ4n) is 5.12. The Morgan fingerprint density at radius 3 is 2.42 bits per heavy atom. The number of carbonyl (C=O) groups is 2. The van der Waals surface area contributed by atoms with Crippen molar-refractivity contribution in [3.05, 3.63) is 120 Å². The van der Waals surface area contributed by atoms with Crippen LogP contribution in [0.4, 0.5) is 22.0 Å². The number of amides is 3. The molecule has 1 unspecified atom stereocenters. The second-order valence-corrected chi connectivity index (χ2v) is 10.5. The lowest BCUT2D eigenvalue weighted by atomic mass is 10.1. The van der Waals surface area contributed by atoms with Gasteiger partial charge in [-0.05, 0) is 42.8 Å². The van der Waals surface area contributed by atoms with Crippen LogP contribution in [0.5, 0.6) is 11.5 Å². The van der Waals surface area contributed by atoms with Gasteiger partial charge in [0.1, 0.15) is 30.1 Å². The number of methoxy groups -OCH3 is 1. The molecule has 4 aromatic carbocycles. The van der Waals surface area contributed by atoms with Crippen molar-refractivity contribution in [2.45, 2.75) is 19.5 Å². The highest BCUT2D eigenvalue weighted by Gasteiger charge is 2.30. The Hall–Kier alpha value is -5.74. The fraction of sp³-hybridized carbons (Fsp3) is 0.143. The predicted octanol–water partition coefficient (Wildman–Crippen LogP) is 6.68. The van der Waals surface area contributed by atoms with Crippen molar-refractivity contribution in [2.75, 3.05) is 29.4 Å². The molecule has 226 valence electrons. The molecule has 45 heavy (non-hydrogen) atoms. The lowest BCUT2D eigenvalue weighted by Gasteiger charge is -2.25. The number of nitrogens with zero attached hydrogens (tertiary/aromatic N) is 3. The minimum atomic E-state index is -0.387. The standard InChI is InChI=1S/C35H32N6O4/c1-23-12-14-25(15-13-23)41-33(21-30(40-41)24-8-4-3-5-9-24)39-35(43)37-29-16-17-31(28-11-7-6-10-27(28)29)45-26-18-19-36-32(20-26)38-34(42)22-44-2/h3-20,33H,21-22H2,1-2H3,(H,36,38,42)(H2,37,39,43). The molecular formula is C35H32N6O4. The number of hydrazone groups is 1. The van der Waals surface area contributed by atoms with E-state index in [4.69, 9.17) is 14.6 Å². The fourth-order valence-corrected chi connectivity index (χ4v) is 5.12. The number of nitrogens with one attached hydrogen (secondary N) is 3. The Balaban J connectivity index is 1.20. The van der Waals surface area contributed by atoms with Crippen LogP contribution in [0.2, 0.25) is 0 Å². The summed E-state index contributed by atoms with van der Waals surface area (Å²) in [6.45, 7) is 1.96. The Labute approximate surface area is 260 Å². The summed E-state index contributed by atoms with van der Waals surface area (Å²) >= 11 is 0. The number of benzene rings is 4. The van der Waals surface area contributed by atoms with Gasteiger partial charge in [0.2, 0.25) is 0 Å². The normalized spacial score (nSPS) is 14.1. The number of pyridine rings is 1. The molecule has 10 nitrogen and oxygen atoms in total. The van der Waals surface area contributed by atoms with Crippen LogP contribution in [0, 0.1) is 6.92 Å². The van der Waals surface area contributed by atoms with Gasteiger partial charge in [0, 0.05) is 36.6 Å². The molecule has 3 amide bonds. The summed E-state index contributed by atoms with van der Waals surface area (Å²) < 4.78 is 11.1. The molecule has 0 saturated heterocycles. The number of ether oxygens (including phenoxy) is 2. The molecule has 1 aliphatic heterocycles. The second kappa shape index (κ2) is 13.3. The Morgan fingerprint density at radius 1 is 0.889 bits per heavy atom. The summed E-state index contributed by atoms with van der Waals surface area (Å²) in [5.41, 5.74) is 4.57. The molecule has 6 rings (SSSR count). The van der Waals surface area contributed by atoms with E-state index in [2.05, 4.69) is 20.9 Å². The van der Waals surface area contributed by atoms with Crippen LogP contribution >= 0.6 is 0 Å². The van der Waals surface area contributed by atoms with Gasteiger partial charge >= 0.3 is 6.03 Å². The number of hydrogen-bond donors (Lipinski definition) is 3. The van der Waals surface area contributed by atoms with E-state index in [1.807, 2.05) is 90.8 Å². The summed E-state index contributed by atoms with van der Waals surface area (Å²) in [5, 5.41) is 17.2. The maximum absolute atomic E-state index is 13.5. The quantitative estimate of drug-likeness (QED) is 0.174. The number of rotatable bonds is 9. The second-order valence-electron chi connectivity index (χ2n) is 10.5. The van der Waals surface area contributed by atoms with Crippen molar-refractivity contribution in [3.63, 3.8) is 0 Å². The molecule has 3 N–H and O–H groups in total. The average Bonchev–Trinajstić information content (AvgIpc) is 3.47. The third-order valence-electron chi connectivity index (χ3n) is 7.25. The van der Waals surface area contributed by atoms with E-state index < -0.39 is 0 Å². The van der Waals surface area contributed by atoms with Gasteiger partial charge < -0.3 is 25.4 Å². The molecule has 5 aromatic rings. The number of fused-ring (bicyclic) bond motifs is 1. The number of hydrogen-bond acceptors (Lipinski definition) is 7. The van der Waals surface area contributed by atoms with Crippen molar-refractivity contribution in [1.29, 1.82) is 0 Å². The molecule has 0 radical (unpaired) electrons. The zero-order valence-electron chi connectivity index (χ0n) is 24.9. The van der Waals surface area contributed by atoms with Crippen LogP contribution in [0.3, 0.4) is 0 Å². The van der Waals surface area contributed by atoms with E-state index in [0.29, 0.717) is 29.4 Å². The van der Waals surface area contributed by atoms with Crippen LogP contribution in [0.15, 0.2) is 114 Å². The van der Waals surface area contributed by atoms with Gasteiger partial charge in [0.15, 0.2) is 0 Å². The van der Waals surface area contributed by atoms with Crippen molar-refractivity contribution < 1.29 is 19.1 Å². The van der Waals surface area contributed by atoms with Crippen LogP contribution in [-0.4, -0.2) is 42.5 Å². The Morgan fingerprint density at radius 2 is 1.64 bits per heavy atom. The van der Waals surface area contributed by atoms with Gasteiger partial charge in [-0.1, -0.05) is 72.3 Å². The first kappa shape index (κ1) is 29.3. The van der Waals surface area contributed by atoms with Gasteiger partial charge in [0.25, 0.3) is 5.91 Å². The van der Waals surface area contributed by atoms with Crippen molar-refractivity contribution in [3.8, 4) is 11.5 Å². The number of anilines is 3. The molecule has 0 fully saturated rings. The molecule has 0 saturated carbocycles. The molecule has 1 aromatic heterocycles. The van der Waals surface area contributed by atoms with Crippen LogP contribution in [0.1, 0.15) is 17.5 Å². The van der Waals surface area contributed by atoms with E-state index in [0.717, 1.165) is 33.3 Å². The smallest absolute Gasteiger partial charge is 0.320 e. The van der Waals surface area contributed by atoms with E-state index in [1.165, 1.54) is 7.11 Å². The lowest BCUT2D eigenvalue weighted by Crippen LogP contribution is -2.45. The van der Waals surface area contributed by atoms with Crippen LogP contribution < -0.4 is 25.7 Å². The lowest BCUT2D eigenvalue weighted by molar-refractivity contribution is -0.119. The van der Waals surface area contributed by atoms with Gasteiger partial charge in [-0.15, -0.1) is 0 Å². The third kappa shape index (κ3) is 6.92. The van der Waals surface area contributed by atoms with Crippen LogP contribution in [-0.2, 0) is 9.53 Å². The molecule has 0 bridgehead atoms. The highest BCUT2D eigenvalue weighted by atomic mass is 16.5. The molecular weight excluding hydrogens is 568 g/mol. The van der Waals surface area contributed by atoms with Gasteiger partial charge in [-0.25, -0.2) is 14.8 Å². The maximum atomic E-state index is 13.5. The Kier molecular flexibility index (Phi) is 8.65. The molecule has 10 heteroatoms. The Bertz CT molecular complexity index is 1860. The maximum Gasteiger partial charge on any atom is 0.320 e. The predicted molar refractivity (Wildman–Crippen MR) is 176 cm³/mol.